The zero-order valence-corrected chi connectivity index (χ0v) is 19.0. The normalized spacial score (nSPS) is 17.0. The van der Waals surface area contributed by atoms with Gasteiger partial charge in [0.15, 0.2) is 0 Å². The summed E-state index contributed by atoms with van der Waals surface area (Å²) in [6, 6.07) is 5.35. The highest BCUT2D eigenvalue weighted by molar-refractivity contribution is 5.92. The molecule has 1 aliphatic rings. The topological polar surface area (TPSA) is 91.0 Å². The first-order valence-corrected chi connectivity index (χ1v) is 10.8. The molecular weight excluding hydrogens is 447 g/mol. The van der Waals surface area contributed by atoms with Crippen molar-refractivity contribution in [2.24, 2.45) is 0 Å². The summed E-state index contributed by atoms with van der Waals surface area (Å²) in [7, 11) is 1.56. The van der Waals surface area contributed by atoms with Crippen LogP contribution in [0.4, 0.5) is 13.2 Å². The van der Waals surface area contributed by atoms with Crippen molar-refractivity contribution in [1.29, 1.82) is 0 Å². The average Bonchev–Trinajstić information content (AvgIpc) is 2.79. The number of hydrogen-bond acceptors (Lipinski definition) is 5. The van der Waals surface area contributed by atoms with E-state index in [2.05, 4.69) is 38.2 Å². The lowest BCUT2D eigenvalue weighted by Gasteiger charge is -2.32. The highest BCUT2D eigenvalue weighted by atomic mass is 19.4. The minimum absolute atomic E-state index is 0.0893. The number of nitrogens with one attached hydrogen (secondary N) is 2. The lowest BCUT2D eigenvalue weighted by atomic mass is 9.97. The Bertz CT molecular complexity index is 1330. The number of fused-ring (bicyclic) bond motifs is 1. The van der Waals surface area contributed by atoms with Crippen LogP contribution in [0.3, 0.4) is 0 Å². The Morgan fingerprint density at radius 3 is 2.65 bits per heavy atom. The van der Waals surface area contributed by atoms with Crippen molar-refractivity contribution < 1.29 is 18.0 Å². The van der Waals surface area contributed by atoms with E-state index in [0.717, 1.165) is 29.7 Å². The number of alkyl halides is 3. The Morgan fingerprint density at radius 1 is 1.26 bits per heavy atom. The molecular formula is C24H24F3N5O2. The number of hydrogen-bond donors (Lipinski definition) is 2. The molecule has 0 saturated carbocycles. The maximum absolute atomic E-state index is 13.2. The molecule has 0 aliphatic carbocycles. The SMILES string of the molecule is CNC(=O)c1ccc(C2=CC(C)N(Cc3cnc4c(C)c(C(F)(F)F)c(=O)[nH]c4c3)CC2)cn1. The molecule has 0 fully saturated rings. The molecule has 0 aromatic carbocycles. The van der Waals surface area contributed by atoms with Gasteiger partial charge in [0.25, 0.3) is 11.5 Å². The zero-order valence-electron chi connectivity index (χ0n) is 19.0. The highest BCUT2D eigenvalue weighted by Gasteiger charge is 2.36. The summed E-state index contributed by atoms with van der Waals surface area (Å²) in [6.45, 7) is 4.61. The van der Waals surface area contributed by atoms with Gasteiger partial charge in [-0.2, -0.15) is 13.2 Å². The molecule has 7 nitrogen and oxygen atoms in total. The third-order valence-electron chi connectivity index (χ3n) is 6.10. The van der Waals surface area contributed by atoms with Crippen LogP contribution in [0.2, 0.25) is 0 Å². The van der Waals surface area contributed by atoms with Crippen molar-refractivity contribution >= 4 is 22.5 Å². The second-order valence-corrected chi connectivity index (χ2v) is 8.36. The van der Waals surface area contributed by atoms with Crippen LogP contribution in [0, 0.1) is 6.92 Å². The smallest absolute Gasteiger partial charge is 0.354 e. The van der Waals surface area contributed by atoms with E-state index in [1.807, 2.05) is 6.07 Å². The van der Waals surface area contributed by atoms with Crippen LogP contribution in [-0.4, -0.2) is 45.4 Å². The maximum Gasteiger partial charge on any atom is 0.422 e. The van der Waals surface area contributed by atoms with E-state index in [9.17, 15) is 22.8 Å². The fourth-order valence-electron chi connectivity index (χ4n) is 4.30. The van der Waals surface area contributed by atoms with Gasteiger partial charge in [0, 0.05) is 38.6 Å². The summed E-state index contributed by atoms with van der Waals surface area (Å²) in [5.41, 5.74) is 1.13. The lowest BCUT2D eigenvalue weighted by molar-refractivity contribution is -0.139. The molecule has 3 aromatic heterocycles. The molecule has 178 valence electrons. The van der Waals surface area contributed by atoms with E-state index < -0.39 is 17.3 Å². The van der Waals surface area contributed by atoms with Crippen LogP contribution in [0.5, 0.6) is 0 Å². The number of halogens is 3. The van der Waals surface area contributed by atoms with Crippen LogP contribution < -0.4 is 10.9 Å². The van der Waals surface area contributed by atoms with Crippen molar-refractivity contribution in [1.82, 2.24) is 25.2 Å². The van der Waals surface area contributed by atoms with Gasteiger partial charge in [0.1, 0.15) is 11.3 Å². The molecule has 4 rings (SSSR count). The molecule has 0 bridgehead atoms. The molecule has 1 atom stereocenters. The molecule has 34 heavy (non-hydrogen) atoms. The molecule has 0 saturated heterocycles. The van der Waals surface area contributed by atoms with E-state index in [0.29, 0.717) is 12.2 Å². The van der Waals surface area contributed by atoms with E-state index in [-0.39, 0.29) is 28.5 Å². The van der Waals surface area contributed by atoms with Crippen LogP contribution in [0.1, 0.15) is 46.1 Å². The summed E-state index contributed by atoms with van der Waals surface area (Å²) in [6.07, 6.45) is 1.42. The number of aromatic nitrogens is 3. The monoisotopic (exact) mass is 471 g/mol. The number of carbonyl (C=O) groups excluding carboxylic acids is 1. The minimum Gasteiger partial charge on any atom is -0.354 e. The van der Waals surface area contributed by atoms with Crippen LogP contribution in [0.15, 0.2) is 41.5 Å². The summed E-state index contributed by atoms with van der Waals surface area (Å²) < 4.78 is 39.6. The number of aryl methyl sites for hydroxylation is 1. The summed E-state index contributed by atoms with van der Waals surface area (Å²) >= 11 is 0. The van der Waals surface area contributed by atoms with Gasteiger partial charge in [0.05, 0.1) is 11.0 Å². The first kappa shape index (κ1) is 23.6. The second kappa shape index (κ2) is 9.02. The van der Waals surface area contributed by atoms with Gasteiger partial charge in [-0.3, -0.25) is 24.5 Å². The quantitative estimate of drug-likeness (QED) is 0.606. The zero-order chi connectivity index (χ0) is 24.6. The van der Waals surface area contributed by atoms with E-state index in [1.54, 1.807) is 31.6 Å². The molecule has 1 unspecified atom stereocenters. The predicted octanol–water partition coefficient (Wildman–Crippen LogP) is 3.68. The molecule has 1 amide bonds. The van der Waals surface area contributed by atoms with Crippen LogP contribution in [0.25, 0.3) is 16.6 Å². The second-order valence-electron chi connectivity index (χ2n) is 8.36. The van der Waals surface area contributed by atoms with Crippen molar-refractivity contribution in [2.45, 2.75) is 39.0 Å². The Balaban J connectivity index is 1.53. The fraction of sp³-hybridized carbons (Fsp3) is 0.333. The Labute approximate surface area is 193 Å². The molecule has 0 spiro atoms. The van der Waals surface area contributed by atoms with Gasteiger partial charge in [-0.15, -0.1) is 0 Å². The third kappa shape index (κ3) is 4.58. The first-order valence-electron chi connectivity index (χ1n) is 10.8. The lowest BCUT2D eigenvalue weighted by Crippen LogP contribution is -2.35. The first-order chi connectivity index (χ1) is 16.1. The predicted molar refractivity (Wildman–Crippen MR) is 122 cm³/mol. The number of pyridine rings is 3. The van der Waals surface area contributed by atoms with Gasteiger partial charge in [-0.05, 0) is 54.7 Å². The molecule has 10 heteroatoms. The van der Waals surface area contributed by atoms with Crippen LogP contribution >= 0.6 is 0 Å². The number of rotatable bonds is 4. The van der Waals surface area contributed by atoms with E-state index in [4.69, 9.17) is 0 Å². The van der Waals surface area contributed by atoms with Crippen molar-refractivity contribution in [3.8, 4) is 0 Å². The maximum atomic E-state index is 13.2. The molecule has 4 heterocycles. The Hall–Kier alpha value is -3.53. The molecule has 2 N–H and O–H groups in total. The molecule has 3 aromatic rings. The van der Waals surface area contributed by atoms with Crippen molar-refractivity contribution in [3.63, 3.8) is 0 Å². The summed E-state index contributed by atoms with van der Waals surface area (Å²) in [4.78, 5) is 36.7. The van der Waals surface area contributed by atoms with Crippen molar-refractivity contribution in [3.05, 3.63) is 75.0 Å². The summed E-state index contributed by atoms with van der Waals surface area (Å²) in [5.74, 6) is -0.237. The largest absolute Gasteiger partial charge is 0.422 e. The van der Waals surface area contributed by atoms with Gasteiger partial charge in [0.2, 0.25) is 0 Å². The van der Waals surface area contributed by atoms with Gasteiger partial charge in [-0.25, -0.2) is 0 Å². The fourth-order valence-corrected chi connectivity index (χ4v) is 4.30. The number of amides is 1. The van der Waals surface area contributed by atoms with Crippen molar-refractivity contribution in [2.75, 3.05) is 13.6 Å². The number of nitrogens with zero attached hydrogens (tertiary/aromatic N) is 3. The Kier molecular flexibility index (Phi) is 6.26. The standard InChI is InChI=1S/C24H24F3N5O2/c1-13-8-16(17-4-5-18(29-11-17)22(33)28-3)6-7-32(13)12-15-9-19-21(30-10-15)14(2)20(23(34)31-19)24(25,26)27/h4-5,8-11,13H,6-7,12H2,1-3H3,(H,28,33)(H,31,34). The van der Waals surface area contributed by atoms with Crippen LogP contribution in [-0.2, 0) is 12.7 Å². The Morgan fingerprint density at radius 2 is 2.03 bits per heavy atom. The number of carbonyl (C=O) groups is 1. The minimum atomic E-state index is -4.74. The van der Waals surface area contributed by atoms with E-state index in [1.165, 1.54) is 6.92 Å². The highest BCUT2D eigenvalue weighted by Crippen LogP contribution is 2.31. The third-order valence-corrected chi connectivity index (χ3v) is 6.10. The van der Waals surface area contributed by atoms with Gasteiger partial charge >= 0.3 is 6.18 Å². The average molecular weight is 471 g/mol. The number of H-pyrrole nitrogens is 1. The van der Waals surface area contributed by atoms with Gasteiger partial charge in [-0.1, -0.05) is 12.1 Å². The van der Waals surface area contributed by atoms with E-state index >= 15 is 0 Å². The molecule has 0 radical (unpaired) electrons. The number of aromatic amines is 1. The molecule has 1 aliphatic heterocycles. The summed E-state index contributed by atoms with van der Waals surface area (Å²) in [5, 5.41) is 2.55. The van der Waals surface area contributed by atoms with Gasteiger partial charge < -0.3 is 10.3 Å².